The topological polar surface area (TPSA) is 60.9 Å². The lowest BCUT2D eigenvalue weighted by Gasteiger charge is -2.24. The van der Waals surface area contributed by atoms with E-state index in [1.807, 2.05) is 6.07 Å². The van der Waals surface area contributed by atoms with Crippen LogP contribution >= 0.6 is 11.3 Å². The molecule has 0 aliphatic carbocycles. The predicted molar refractivity (Wildman–Crippen MR) is 83.1 cm³/mol. The molecule has 0 spiro atoms. The summed E-state index contributed by atoms with van der Waals surface area (Å²) in [6, 6.07) is 4.37. The van der Waals surface area contributed by atoms with Crippen LogP contribution in [-0.2, 0) is 16.4 Å². The van der Waals surface area contributed by atoms with Crippen LogP contribution in [0.1, 0.15) is 24.1 Å². The van der Waals surface area contributed by atoms with Crippen molar-refractivity contribution in [1.29, 1.82) is 0 Å². The zero-order valence-corrected chi connectivity index (χ0v) is 13.9. The Morgan fingerprint density at radius 2 is 2.05 bits per heavy atom. The summed E-state index contributed by atoms with van der Waals surface area (Å²) in [7, 11) is -1.27. The maximum atomic E-state index is 12.8. The first-order valence-electron chi connectivity index (χ1n) is 7.44. The van der Waals surface area contributed by atoms with E-state index in [-0.39, 0.29) is 6.61 Å². The molecular formula is C14H22N2O3S2. The fraction of sp³-hybridized carbons (Fsp3) is 0.714. The molecule has 2 aliphatic rings. The minimum atomic E-state index is -3.39. The number of aliphatic hydroxyl groups is 1. The Labute approximate surface area is 130 Å². The molecule has 7 heteroatoms. The molecule has 1 aromatic rings. The number of thiophene rings is 1. The van der Waals surface area contributed by atoms with Crippen LogP contribution in [0.4, 0.5) is 0 Å². The third kappa shape index (κ3) is 2.90. The van der Waals surface area contributed by atoms with Crippen molar-refractivity contribution in [2.24, 2.45) is 0 Å². The van der Waals surface area contributed by atoms with E-state index in [0.29, 0.717) is 35.8 Å². The summed E-state index contributed by atoms with van der Waals surface area (Å²) in [5, 5.41) is 8.96. The van der Waals surface area contributed by atoms with Crippen molar-refractivity contribution in [1.82, 2.24) is 9.21 Å². The molecule has 118 valence electrons. The first-order valence-corrected chi connectivity index (χ1v) is 9.69. The van der Waals surface area contributed by atoms with Crippen molar-refractivity contribution in [2.75, 3.05) is 26.7 Å². The highest BCUT2D eigenvalue weighted by atomic mass is 32.2. The second-order valence-electron chi connectivity index (χ2n) is 5.90. The van der Waals surface area contributed by atoms with E-state index in [0.717, 1.165) is 17.7 Å². The standard InChI is InChI=1S/C14H22N2O3S2/c1-15-11-2-3-12(15)10-16(8-6-11)21(18,19)14-5-4-13(20-14)7-9-17/h4-5,11-12,17H,2-3,6-10H2,1H3. The van der Waals surface area contributed by atoms with E-state index in [1.165, 1.54) is 17.8 Å². The van der Waals surface area contributed by atoms with Crippen molar-refractivity contribution in [3.8, 4) is 0 Å². The van der Waals surface area contributed by atoms with Crippen LogP contribution in [0.3, 0.4) is 0 Å². The molecule has 1 aromatic heterocycles. The smallest absolute Gasteiger partial charge is 0.252 e. The minimum absolute atomic E-state index is 0.0538. The minimum Gasteiger partial charge on any atom is -0.396 e. The van der Waals surface area contributed by atoms with Gasteiger partial charge in [-0.1, -0.05) is 0 Å². The summed E-state index contributed by atoms with van der Waals surface area (Å²) in [5.74, 6) is 0. The maximum absolute atomic E-state index is 12.8. The van der Waals surface area contributed by atoms with E-state index >= 15 is 0 Å². The zero-order valence-electron chi connectivity index (χ0n) is 12.2. The van der Waals surface area contributed by atoms with Crippen molar-refractivity contribution < 1.29 is 13.5 Å². The van der Waals surface area contributed by atoms with Gasteiger partial charge in [0.25, 0.3) is 10.0 Å². The quantitative estimate of drug-likeness (QED) is 0.899. The summed E-state index contributed by atoms with van der Waals surface area (Å²) < 4.78 is 27.7. The van der Waals surface area contributed by atoms with Gasteiger partial charge in [-0.05, 0) is 38.4 Å². The molecule has 2 fully saturated rings. The largest absolute Gasteiger partial charge is 0.396 e. The van der Waals surface area contributed by atoms with E-state index in [2.05, 4.69) is 11.9 Å². The molecule has 2 aliphatic heterocycles. The molecule has 2 unspecified atom stereocenters. The summed E-state index contributed by atoms with van der Waals surface area (Å²) in [6.45, 7) is 1.27. The lowest BCUT2D eigenvalue weighted by molar-refractivity contribution is 0.247. The predicted octanol–water partition coefficient (Wildman–Crippen LogP) is 1.14. The Bertz CT molecular complexity index is 599. The third-order valence-corrected chi connectivity index (χ3v) is 8.18. The fourth-order valence-electron chi connectivity index (χ4n) is 3.36. The van der Waals surface area contributed by atoms with Gasteiger partial charge in [0.05, 0.1) is 0 Å². The van der Waals surface area contributed by atoms with Crippen LogP contribution in [-0.4, -0.2) is 61.6 Å². The molecule has 3 heterocycles. The van der Waals surface area contributed by atoms with Gasteiger partial charge in [0, 0.05) is 43.1 Å². The SMILES string of the molecule is CN1C2CCC1CN(S(=O)(=O)c1ccc(CCO)s1)CC2. The van der Waals surface area contributed by atoms with Crippen LogP contribution in [0, 0.1) is 0 Å². The van der Waals surface area contributed by atoms with Gasteiger partial charge in [-0.3, -0.25) is 4.90 Å². The van der Waals surface area contributed by atoms with Crippen LogP contribution in [0.25, 0.3) is 0 Å². The lowest BCUT2D eigenvalue weighted by atomic mass is 10.1. The van der Waals surface area contributed by atoms with E-state index in [9.17, 15) is 8.42 Å². The molecule has 0 aromatic carbocycles. The highest BCUT2D eigenvalue weighted by Crippen LogP contribution is 2.32. The normalized spacial score (nSPS) is 27.9. The van der Waals surface area contributed by atoms with Gasteiger partial charge < -0.3 is 5.11 Å². The summed E-state index contributed by atoms with van der Waals surface area (Å²) in [5.41, 5.74) is 0. The number of nitrogens with zero attached hydrogens (tertiary/aromatic N) is 2. The number of sulfonamides is 1. The van der Waals surface area contributed by atoms with Gasteiger partial charge in [-0.15, -0.1) is 11.3 Å². The molecule has 2 bridgehead atoms. The highest BCUT2D eigenvalue weighted by Gasteiger charge is 2.38. The Kier molecular flexibility index (Phi) is 4.38. The summed E-state index contributed by atoms with van der Waals surface area (Å²) in [6.07, 6.45) is 3.72. The van der Waals surface area contributed by atoms with E-state index in [4.69, 9.17) is 5.11 Å². The Balaban J connectivity index is 1.81. The first-order chi connectivity index (χ1) is 10.0. The molecule has 0 radical (unpaired) electrons. The number of likely N-dealkylation sites (N-methyl/N-ethyl adjacent to an activating group) is 1. The van der Waals surface area contributed by atoms with E-state index in [1.54, 1.807) is 10.4 Å². The molecule has 1 N–H and O–H groups in total. The Morgan fingerprint density at radius 1 is 1.29 bits per heavy atom. The Hall–Kier alpha value is -0.470. The second-order valence-corrected chi connectivity index (χ2v) is 9.23. The Morgan fingerprint density at radius 3 is 2.81 bits per heavy atom. The first kappa shape index (κ1) is 15.4. The molecule has 3 rings (SSSR count). The highest BCUT2D eigenvalue weighted by molar-refractivity contribution is 7.91. The van der Waals surface area contributed by atoms with Crippen molar-refractivity contribution in [3.63, 3.8) is 0 Å². The molecule has 0 amide bonds. The van der Waals surface area contributed by atoms with Gasteiger partial charge in [0.15, 0.2) is 0 Å². The lowest BCUT2D eigenvalue weighted by Crippen LogP contribution is -2.39. The maximum Gasteiger partial charge on any atom is 0.252 e. The summed E-state index contributed by atoms with van der Waals surface area (Å²) in [4.78, 5) is 3.27. The summed E-state index contributed by atoms with van der Waals surface area (Å²) >= 11 is 1.28. The van der Waals surface area contributed by atoms with Gasteiger partial charge >= 0.3 is 0 Å². The number of fused-ring (bicyclic) bond motifs is 2. The van der Waals surface area contributed by atoms with Gasteiger partial charge in [-0.25, -0.2) is 8.42 Å². The fourth-order valence-corrected chi connectivity index (χ4v) is 6.36. The molecule has 0 saturated carbocycles. The van der Waals surface area contributed by atoms with Crippen LogP contribution in [0.5, 0.6) is 0 Å². The number of aliphatic hydroxyl groups excluding tert-OH is 1. The van der Waals surface area contributed by atoms with Crippen LogP contribution in [0.15, 0.2) is 16.3 Å². The van der Waals surface area contributed by atoms with Gasteiger partial charge in [0.1, 0.15) is 4.21 Å². The molecular weight excluding hydrogens is 308 g/mol. The molecule has 2 saturated heterocycles. The molecule has 5 nitrogen and oxygen atoms in total. The van der Waals surface area contributed by atoms with Crippen molar-refractivity contribution >= 4 is 21.4 Å². The third-order valence-electron chi connectivity index (χ3n) is 4.70. The molecule has 21 heavy (non-hydrogen) atoms. The van der Waals surface area contributed by atoms with Crippen LogP contribution in [0.2, 0.25) is 0 Å². The zero-order chi connectivity index (χ0) is 15.0. The van der Waals surface area contributed by atoms with Crippen molar-refractivity contribution in [3.05, 3.63) is 17.0 Å². The monoisotopic (exact) mass is 330 g/mol. The average Bonchev–Trinajstić information content (AvgIpc) is 2.96. The number of hydrogen-bond donors (Lipinski definition) is 1. The van der Waals surface area contributed by atoms with Crippen molar-refractivity contribution in [2.45, 2.75) is 42.0 Å². The number of hydrogen-bond acceptors (Lipinski definition) is 5. The van der Waals surface area contributed by atoms with E-state index < -0.39 is 10.0 Å². The second kappa shape index (κ2) is 5.96. The van der Waals surface area contributed by atoms with Crippen LogP contribution < -0.4 is 0 Å². The van der Waals surface area contributed by atoms with Gasteiger partial charge in [-0.2, -0.15) is 4.31 Å². The number of rotatable bonds is 4. The molecule has 2 atom stereocenters. The average molecular weight is 330 g/mol. The van der Waals surface area contributed by atoms with Gasteiger partial charge in [0.2, 0.25) is 0 Å².